The molecule has 8 rings (SSSR count). The van der Waals surface area contributed by atoms with Gasteiger partial charge >= 0.3 is 0 Å². The van der Waals surface area contributed by atoms with E-state index in [1.165, 1.54) is 72.0 Å². The fourth-order valence-electron chi connectivity index (χ4n) is 7.84. The van der Waals surface area contributed by atoms with Crippen LogP contribution in [0.25, 0.3) is 49.7 Å². The third kappa shape index (κ3) is 5.19. The molecule has 48 heavy (non-hydrogen) atoms. The van der Waals surface area contributed by atoms with Crippen molar-refractivity contribution in [2.45, 2.75) is 45.1 Å². The van der Waals surface area contributed by atoms with Gasteiger partial charge in [0.1, 0.15) is 0 Å². The van der Waals surface area contributed by atoms with Crippen LogP contribution in [0.4, 0.5) is 0 Å². The number of hydrogen-bond donors (Lipinski definition) is 0. The van der Waals surface area contributed by atoms with E-state index in [0.717, 1.165) is 18.6 Å². The summed E-state index contributed by atoms with van der Waals surface area (Å²) in [4.78, 5) is 5.07. The van der Waals surface area contributed by atoms with E-state index in [-0.39, 0.29) is 17.4 Å². The van der Waals surface area contributed by atoms with Crippen molar-refractivity contribution in [2.24, 2.45) is 10.9 Å². The monoisotopic (exact) mass is 617 g/mol. The molecule has 3 aliphatic rings. The molecule has 0 spiro atoms. The maximum Gasteiger partial charge on any atom is 0.0650 e. The first kappa shape index (κ1) is 29.9. The van der Waals surface area contributed by atoms with Gasteiger partial charge in [-0.25, -0.2) is 0 Å². The molecular formula is C47H39N. The second kappa shape index (κ2) is 12.0. The van der Waals surface area contributed by atoms with E-state index in [0.29, 0.717) is 0 Å². The Morgan fingerprint density at radius 1 is 0.729 bits per heavy atom. The summed E-state index contributed by atoms with van der Waals surface area (Å²) in [5.41, 5.74) is 15.2. The van der Waals surface area contributed by atoms with Crippen molar-refractivity contribution >= 4 is 22.1 Å². The van der Waals surface area contributed by atoms with Crippen LogP contribution in [0.3, 0.4) is 0 Å². The summed E-state index contributed by atoms with van der Waals surface area (Å²) in [6.07, 6.45) is 20.7. The Morgan fingerprint density at radius 2 is 1.38 bits per heavy atom. The quantitative estimate of drug-likeness (QED) is 0.174. The third-order valence-electron chi connectivity index (χ3n) is 10.5. The topological polar surface area (TPSA) is 12.4 Å². The lowest BCUT2D eigenvalue weighted by molar-refractivity contribution is 0.646. The molecule has 1 heteroatoms. The molecule has 0 saturated heterocycles. The first-order valence-corrected chi connectivity index (χ1v) is 17.1. The van der Waals surface area contributed by atoms with Gasteiger partial charge in [-0.1, -0.05) is 129 Å². The molecule has 0 saturated carbocycles. The number of benzene rings is 5. The Morgan fingerprint density at radius 3 is 2.10 bits per heavy atom. The zero-order valence-corrected chi connectivity index (χ0v) is 27.9. The zero-order valence-electron chi connectivity index (χ0n) is 27.9. The van der Waals surface area contributed by atoms with Gasteiger partial charge in [0, 0.05) is 11.3 Å². The van der Waals surface area contributed by atoms with E-state index in [9.17, 15) is 0 Å². The minimum absolute atomic E-state index is 0.00549. The number of hydrogen-bond acceptors (Lipinski definition) is 1. The lowest BCUT2D eigenvalue weighted by atomic mass is 9.81. The molecule has 5 aromatic rings. The van der Waals surface area contributed by atoms with Crippen LogP contribution in [0.1, 0.15) is 50.3 Å². The first-order chi connectivity index (χ1) is 23.4. The molecule has 0 radical (unpaired) electrons. The van der Waals surface area contributed by atoms with Crippen LogP contribution in [-0.4, -0.2) is 11.8 Å². The number of allylic oxidation sites excluding steroid dienone is 6. The smallest absolute Gasteiger partial charge is 0.0650 e. The summed E-state index contributed by atoms with van der Waals surface area (Å²) in [6.45, 7) is 6.87. The van der Waals surface area contributed by atoms with Gasteiger partial charge in [-0.3, -0.25) is 4.99 Å². The van der Waals surface area contributed by atoms with Crippen LogP contribution in [0.5, 0.6) is 0 Å². The molecule has 2 atom stereocenters. The molecule has 2 unspecified atom stereocenters. The molecule has 0 amide bonds. The molecule has 232 valence electrons. The maximum absolute atomic E-state index is 5.61. The molecule has 1 heterocycles. The Kier molecular flexibility index (Phi) is 7.46. The van der Waals surface area contributed by atoms with E-state index >= 15 is 0 Å². The molecule has 2 aliphatic carbocycles. The summed E-state index contributed by atoms with van der Waals surface area (Å²) >= 11 is 0. The van der Waals surface area contributed by atoms with Crippen molar-refractivity contribution in [1.29, 1.82) is 0 Å². The SMILES string of the molecule is C#C/C=C\C1C(c2ccc(-c3ccc4cc(-c5ccc6c(c5)C(C)(C)c5ccccc5-6)ccc4c3)cc2)=CC(C2=CCCC=C2)=NC1C. The summed E-state index contributed by atoms with van der Waals surface area (Å²) < 4.78 is 0. The molecular weight excluding hydrogens is 579 g/mol. The number of rotatable bonds is 5. The standard InChI is InChI=1S/C47H39N/c1-5-6-14-40-31(2)48-46(34-12-8-7-9-13-34)30-43(40)33-19-17-32(18-20-33)35-21-22-37-28-38(24-23-36(37)27-35)39-25-26-42-41-15-10-11-16-44(41)47(3,4)45(42)29-39/h1,6,8,10-31,40H,7,9H2,2-4H3/b14-6-. The van der Waals surface area contributed by atoms with Crippen molar-refractivity contribution < 1.29 is 0 Å². The minimum Gasteiger partial charge on any atom is -0.281 e. The van der Waals surface area contributed by atoms with Gasteiger partial charge in [0.15, 0.2) is 0 Å². The average Bonchev–Trinajstić information content (AvgIpc) is 3.36. The van der Waals surface area contributed by atoms with Crippen LogP contribution >= 0.6 is 0 Å². The van der Waals surface area contributed by atoms with E-state index in [1.54, 1.807) is 0 Å². The minimum atomic E-state index is -0.00549. The normalized spacial score (nSPS) is 19.3. The summed E-state index contributed by atoms with van der Waals surface area (Å²) in [5, 5.41) is 2.49. The van der Waals surface area contributed by atoms with Crippen molar-refractivity contribution in [1.82, 2.24) is 0 Å². The van der Waals surface area contributed by atoms with Crippen LogP contribution in [-0.2, 0) is 5.41 Å². The zero-order chi connectivity index (χ0) is 32.8. The van der Waals surface area contributed by atoms with E-state index in [2.05, 4.69) is 160 Å². The lowest BCUT2D eigenvalue weighted by Crippen LogP contribution is -2.22. The molecule has 0 fully saturated rings. The van der Waals surface area contributed by atoms with Gasteiger partial charge in [-0.2, -0.15) is 0 Å². The van der Waals surface area contributed by atoms with Gasteiger partial charge in [0.2, 0.25) is 0 Å². The van der Waals surface area contributed by atoms with E-state index < -0.39 is 0 Å². The molecule has 0 bridgehead atoms. The highest BCUT2D eigenvalue weighted by Crippen LogP contribution is 2.49. The number of fused-ring (bicyclic) bond motifs is 4. The first-order valence-electron chi connectivity index (χ1n) is 17.1. The predicted molar refractivity (Wildman–Crippen MR) is 205 cm³/mol. The van der Waals surface area contributed by atoms with Gasteiger partial charge in [-0.15, -0.1) is 6.42 Å². The highest BCUT2D eigenvalue weighted by atomic mass is 14.8. The highest BCUT2D eigenvalue weighted by molar-refractivity contribution is 6.15. The Bertz CT molecular complexity index is 2280. The van der Waals surface area contributed by atoms with Crippen LogP contribution in [0, 0.1) is 18.3 Å². The number of nitrogens with zero attached hydrogens (tertiary/aromatic N) is 1. The Balaban J connectivity index is 1.08. The Labute approximate surface area is 284 Å². The van der Waals surface area contributed by atoms with Gasteiger partial charge in [0.25, 0.3) is 0 Å². The lowest BCUT2D eigenvalue weighted by Gasteiger charge is -2.27. The summed E-state index contributed by atoms with van der Waals surface area (Å²) in [6, 6.07) is 38.6. The van der Waals surface area contributed by atoms with Crippen LogP contribution in [0.15, 0.2) is 150 Å². The van der Waals surface area contributed by atoms with Gasteiger partial charge in [0.05, 0.1) is 11.8 Å². The summed E-state index contributed by atoms with van der Waals surface area (Å²) in [5.74, 6) is 2.81. The average molecular weight is 618 g/mol. The Hall–Kier alpha value is -5.45. The molecule has 0 aromatic heterocycles. The second-order valence-corrected chi connectivity index (χ2v) is 13.8. The summed E-state index contributed by atoms with van der Waals surface area (Å²) in [7, 11) is 0. The fourth-order valence-corrected chi connectivity index (χ4v) is 7.84. The maximum atomic E-state index is 5.61. The molecule has 1 aliphatic heterocycles. The van der Waals surface area contributed by atoms with Crippen molar-refractivity contribution in [3.05, 3.63) is 162 Å². The van der Waals surface area contributed by atoms with Gasteiger partial charge in [-0.05, 0) is 122 Å². The fraction of sp³-hybridized carbons (Fsp3) is 0.170. The molecule has 5 aromatic carbocycles. The molecule has 1 nitrogen and oxygen atoms in total. The third-order valence-corrected chi connectivity index (χ3v) is 10.5. The second-order valence-electron chi connectivity index (χ2n) is 13.8. The van der Waals surface area contributed by atoms with E-state index in [4.69, 9.17) is 11.4 Å². The van der Waals surface area contributed by atoms with Crippen molar-refractivity contribution in [3.8, 4) is 45.7 Å². The highest BCUT2D eigenvalue weighted by Gasteiger charge is 2.35. The number of terminal acetylenes is 1. The van der Waals surface area contributed by atoms with Crippen LogP contribution in [0.2, 0.25) is 0 Å². The molecule has 0 N–H and O–H groups in total. The van der Waals surface area contributed by atoms with E-state index in [1.807, 2.05) is 6.08 Å². The number of aliphatic imine (C=N–C) groups is 1. The van der Waals surface area contributed by atoms with Crippen molar-refractivity contribution in [3.63, 3.8) is 0 Å². The van der Waals surface area contributed by atoms with Crippen molar-refractivity contribution in [2.75, 3.05) is 0 Å². The van der Waals surface area contributed by atoms with Crippen LogP contribution < -0.4 is 0 Å². The predicted octanol–water partition coefficient (Wildman–Crippen LogP) is 11.8. The van der Waals surface area contributed by atoms with Gasteiger partial charge < -0.3 is 0 Å². The largest absolute Gasteiger partial charge is 0.281 e. The number of dihydropyridines is 1.